The Kier molecular flexibility index (Phi) is 9.41. The van der Waals surface area contributed by atoms with Crippen LogP contribution in [0.3, 0.4) is 0 Å². The first-order valence-electron chi connectivity index (χ1n) is 17.7. The molecule has 4 aromatic carbocycles. The average molecular weight is 784 g/mol. The summed E-state index contributed by atoms with van der Waals surface area (Å²) >= 11 is 0. The second-order valence-corrected chi connectivity index (χ2v) is 12.5. The number of hydrogen-bond donors (Lipinski definition) is 0. The third kappa shape index (κ3) is 8.75. The molecule has 0 unspecified atom stereocenters. The van der Waals surface area contributed by atoms with Crippen LogP contribution in [0.5, 0.6) is 0 Å². The molecule has 3 heteroatoms. The summed E-state index contributed by atoms with van der Waals surface area (Å²) in [7, 11) is 0. The van der Waals surface area contributed by atoms with Crippen LogP contribution in [0.4, 0.5) is 0 Å². The van der Waals surface area contributed by atoms with Gasteiger partial charge in [0.2, 0.25) is 0 Å². The predicted octanol–water partition coefficient (Wildman–Crippen LogP) is 11.0. The quantitative estimate of drug-likeness (QED) is 0.157. The van der Waals surface area contributed by atoms with Crippen molar-refractivity contribution in [1.82, 2.24) is 9.97 Å². The van der Waals surface area contributed by atoms with Crippen molar-refractivity contribution in [2.45, 2.75) is 53.3 Å². The topological polar surface area (TPSA) is 25.8 Å². The van der Waals surface area contributed by atoms with E-state index in [1.807, 2.05) is 48.7 Å². The fourth-order valence-corrected chi connectivity index (χ4v) is 5.22. The van der Waals surface area contributed by atoms with E-state index in [1.54, 1.807) is 32.9 Å². The zero-order chi connectivity index (χ0) is 36.2. The second-order valence-electron chi connectivity index (χ2n) is 12.5. The van der Waals surface area contributed by atoms with Gasteiger partial charge in [-0.2, -0.15) is 0 Å². The van der Waals surface area contributed by atoms with Crippen molar-refractivity contribution >= 4 is 0 Å². The molecule has 0 saturated heterocycles. The normalized spacial score (nSPS) is 13.4. The van der Waals surface area contributed by atoms with Crippen molar-refractivity contribution in [2.24, 2.45) is 5.41 Å². The number of aryl methyl sites for hydroxylation is 1. The minimum Gasteiger partial charge on any atom is -0.305 e. The van der Waals surface area contributed by atoms with Crippen molar-refractivity contribution in [1.29, 1.82) is 0 Å². The number of benzene rings is 4. The summed E-state index contributed by atoms with van der Waals surface area (Å²) in [6.45, 7) is 7.39. The molecule has 0 bridgehead atoms. The largest absolute Gasteiger partial charge is 0.305 e. The van der Waals surface area contributed by atoms with Crippen molar-refractivity contribution in [3.8, 4) is 33.6 Å². The van der Waals surface area contributed by atoms with Crippen molar-refractivity contribution in [3.63, 3.8) is 0 Å². The minimum atomic E-state index is -2.42. The van der Waals surface area contributed by atoms with E-state index >= 15 is 0 Å². The van der Waals surface area contributed by atoms with E-state index in [1.165, 1.54) is 28.5 Å². The summed E-state index contributed by atoms with van der Waals surface area (Å²) in [4.78, 5) is 8.76. The number of nitrogens with zero attached hydrogens (tertiary/aromatic N) is 2. The number of aromatic nitrogens is 2. The molecule has 46 heavy (non-hydrogen) atoms. The summed E-state index contributed by atoms with van der Waals surface area (Å²) < 4.78 is 40.0. The summed E-state index contributed by atoms with van der Waals surface area (Å²) in [5, 5.41) is 0. The first kappa shape index (κ1) is 28.1. The number of hydrogen-bond acceptors (Lipinski definition) is 2. The molecule has 0 spiro atoms. The molecular formula is C43H42IrN2-2. The van der Waals surface area contributed by atoms with Gasteiger partial charge in [0.05, 0.1) is 0 Å². The molecule has 1 radical (unpaired) electrons. The Hall–Kier alpha value is -4.17. The van der Waals surface area contributed by atoms with E-state index in [-0.39, 0.29) is 36.6 Å². The zero-order valence-electron chi connectivity index (χ0n) is 31.9. The van der Waals surface area contributed by atoms with E-state index in [0.717, 1.165) is 11.3 Å². The van der Waals surface area contributed by atoms with Crippen LogP contribution in [-0.4, -0.2) is 9.97 Å². The van der Waals surface area contributed by atoms with Crippen LogP contribution in [0, 0.1) is 24.4 Å². The summed E-state index contributed by atoms with van der Waals surface area (Å²) in [6.07, 6.45) is 1.29. The third-order valence-electron chi connectivity index (χ3n) is 7.54. The Morgan fingerprint density at radius 1 is 0.696 bits per heavy atom. The average Bonchev–Trinajstić information content (AvgIpc) is 3.12. The van der Waals surface area contributed by atoms with E-state index in [4.69, 9.17) is 6.85 Å². The van der Waals surface area contributed by atoms with E-state index in [0.29, 0.717) is 11.3 Å². The first-order chi connectivity index (χ1) is 23.6. The molecule has 2 aromatic heterocycles. The van der Waals surface area contributed by atoms with Gasteiger partial charge in [-0.3, -0.25) is 0 Å². The standard InChI is InChI=1S/C26H22N.C17H20N.Ir/c1-26(2,22-14-10-13-21(19-22)20-11-4-3-5-12-20)24-16-7-6-15-23(24)25-17-8-9-18-27-25;1-13-12-18-16(14-8-6-5-7-9-14)10-15(13)11-17(2,3)4;/h3-14,16-19H,1-2H3;5-8,10,12H,11H2,1-4H3;/q2*-1;/i;1D3,11D2;. The van der Waals surface area contributed by atoms with Crippen LogP contribution in [0.2, 0.25) is 0 Å². The SMILES string of the molecule is CC(C)(c1cccc(-c2ccccc2)c1)c1ccc[c-]c1-c1ccccn1.[2H]C([2H])([2H])c1cnc(-c2[c-]cccc2)cc1C([2H])([2H])C(C)(C)C.[Ir]. The van der Waals surface area contributed by atoms with Crippen LogP contribution in [0.15, 0.2) is 134 Å². The van der Waals surface area contributed by atoms with Gasteiger partial charge in [-0.15, -0.1) is 71.3 Å². The molecule has 235 valence electrons. The summed E-state index contributed by atoms with van der Waals surface area (Å²) in [6, 6.07) is 46.8. The molecule has 2 nitrogen and oxygen atoms in total. The molecule has 6 rings (SSSR count). The molecular weight excluding hydrogens is 737 g/mol. The van der Waals surface area contributed by atoms with E-state index in [2.05, 4.69) is 103 Å². The van der Waals surface area contributed by atoms with Crippen LogP contribution in [-0.2, 0) is 31.9 Å². The van der Waals surface area contributed by atoms with Gasteiger partial charge in [0.1, 0.15) is 0 Å². The Bertz CT molecular complexity index is 2020. The molecule has 2 heterocycles. The van der Waals surface area contributed by atoms with Gasteiger partial charge in [0.15, 0.2) is 0 Å². The van der Waals surface area contributed by atoms with Gasteiger partial charge < -0.3 is 9.97 Å². The van der Waals surface area contributed by atoms with Crippen LogP contribution < -0.4 is 0 Å². The maximum Gasteiger partial charge on any atom is 0.0321 e. The first-order valence-corrected chi connectivity index (χ1v) is 15.2. The zero-order valence-corrected chi connectivity index (χ0v) is 29.3. The van der Waals surface area contributed by atoms with Gasteiger partial charge in [0.25, 0.3) is 0 Å². The van der Waals surface area contributed by atoms with Crippen molar-refractivity contribution in [3.05, 3.63) is 168 Å². The number of pyridine rings is 2. The summed E-state index contributed by atoms with van der Waals surface area (Å²) in [5.41, 5.74) is 7.41. The third-order valence-corrected chi connectivity index (χ3v) is 7.54. The molecule has 6 aromatic rings. The Labute approximate surface area is 296 Å². The Balaban J connectivity index is 0.000000228. The van der Waals surface area contributed by atoms with Gasteiger partial charge in [0, 0.05) is 39.4 Å². The van der Waals surface area contributed by atoms with Gasteiger partial charge in [-0.05, 0) is 63.8 Å². The fourth-order valence-electron chi connectivity index (χ4n) is 5.22. The molecule has 0 aliphatic carbocycles. The van der Waals surface area contributed by atoms with Crippen LogP contribution >= 0.6 is 0 Å². The Morgan fingerprint density at radius 3 is 2.13 bits per heavy atom. The van der Waals surface area contributed by atoms with E-state index in [9.17, 15) is 0 Å². The minimum absolute atomic E-state index is 0. The predicted molar refractivity (Wildman–Crippen MR) is 189 cm³/mol. The number of rotatable bonds is 6. The molecule has 0 N–H and O–H groups in total. The molecule has 0 atom stereocenters. The maximum absolute atomic E-state index is 8.48. The molecule has 0 aliphatic rings. The maximum atomic E-state index is 8.48. The monoisotopic (exact) mass is 784 g/mol. The van der Waals surface area contributed by atoms with Crippen molar-refractivity contribution in [2.75, 3.05) is 0 Å². The van der Waals surface area contributed by atoms with Gasteiger partial charge >= 0.3 is 0 Å². The van der Waals surface area contributed by atoms with Crippen molar-refractivity contribution < 1.29 is 27.0 Å². The fraction of sp³-hybridized carbons (Fsp3) is 0.209. The van der Waals surface area contributed by atoms with Gasteiger partial charge in [-0.1, -0.05) is 113 Å². The van der Waals surface area contributed by atoms with E-state index < -0.39 is 18.6 Å². The van der Waals surface area contributed by atoms with Crippen LogP contribution in [0.1, 0.15) is 63.7 Å². The molecule has 0 amide bonds. The smallest absolute Gasteiger partial charge is 0.0321 e. The summed E-state index contributed by atoms with van der Waals surface area (Å²) in [5.74, 6) is 0. The molecule has 0 saturated carbocycles. The Morgan fingerprint density at radius 2 is 1.43 bits per heavy atom. The second kappa shape index (κ2) is 15.4. The van der Waals surface area contributed by atoms with Gasteiger partial charge in [-0.25, -0.2) is 0 Å². The molecule has 0 aliphatic heterocycles. The van der Waals surface area contributed by atoms with Crippen LogP contribution in [0.25, 0.3) is 33.6 Å². The molecule has 0 fully saturated rings.